The third-order valence-electron chi connectivity index (χ3n) is 4.61. The van der Waals surface area contributed by atoms with E-state index in [1.807, 2.05) is 44.6 Å². The Kier molecular flexibility index (Phi) is 6.36. The normalized spacial score (nSPS) is 13.0. The Morgan fingerprint density at radius 1 is 1.10 bits per heavy atom. The monoisotopic (exact) mass is 414 g/mol. The van der Waals surface area contributed by atoms with E-state index in [0.717, 1.165) is 24.0 Å². The molecule has 3 rings (SSSR count). The molecule has 0 aliphatic carbocycles. The summed E-state index contributed by atoms with van der Waals surface area (Å²) in [7, 11) is 0.309. The van der Waals surface area contributed by atoms with Crippen LogP contribution in [0.4, 0.5) is 5.69 Å². The van der Waals surface area contributed by atoms with Crippen molar-refractivity contribution < 1.29 is 13.2 Å². The summed E-state index contributed by atoms with van der Waals surface area (Å²) in [5.41, 5.74) is 1.71. The molecule has 3 aromatic rings. The summed E-state index contributed by atoms with van der Waals surface area (Å²) in [6.07, 6.45) is 2.02. The molecule has 29 heavy (non-hydrogen) atoms. The van der Waals surface area contributed by atoms with Crippen LogP contribution in [0.5, 0.6) is 0 Å². The maximum atomic E-state index is 12.5. The van der Waals surface area contributed by atoms with Crippen LogP contribution in [0.3, 0.4) is 0 Å². The van der Waals surface area contributed by atoms with Crippen molar-refractivity contribution in [1.29, 1.82) is 0 Å². The number of amides is 1. The minimum absolute atomic E-state index is 0.125. The van der Waals surface area contributed by atoms with E-state index in [4.69, 9.17) is 0 Å². The highest BCUT2D eigenvalue weighted by Gasteiger charge is 2.22. The van der Waals surface area contributed by atoms with E-state index < -0.39 is 22.0 Å². The average Bonchev–Trinajstić information content (AvgIpc) is 3.09. The lowest BCUT2D eigenvalue weighted by molar-refractivity contribution is -0.117. The van der Waals surface area contributed by atoms with E-state index in [1.54, 1.807) is 18.2 Å². The van der Waals surface area contributed by atoms with Crippen LogP contribution in [-0.4, -0.2) is 50.5 Å². The number of nitrogens with zero attached hydrogens (tertiary/aromatic N) is 2. The first-order valence-corrected chi connectivity index (χ1v) is 10.9. The van der Waals surface area contributed by atoms with Gasteiger partial charge in [-0.2, -0.15) is 4.72 Å². The SMILES string of the molecule is C[C@H](NS(=O)(=O)c1ccccc1)C(=O)Nc1ccc2c(ccn2CCN(C)C)c1. The van der Waals surface area contributed by atoms with Crippen molar-refractivity contribution in [2.24, 2.45) is 0 Å². The van der Waals surface area contributed by atoms with E-state index in [1.165, 1.54) is 19.1 Å². The van der Waals surface area contributed by atoms with Gasteiger partial charge < -0.3 is 14.8 Å². The molecule has 0 aliphatic heterocycles. The minimum atomic E-state index is -3.76. The highest BCUT2D eigenvalue weighted by atomic mass is 32.2. The second-order valence-corrected chi connectivity index (χ2v) is 8.95. The highest BCUT2D eigenvalue weighted by molar-refractivity contribution is 7.89. The third kappa shape index (κ3) is 5.23. The topological polar surface area (TPSA) is 83.4 Å². The first kappa shape index (κ1) is 21.0. The molecule has 0 bridgehead atoms. The van der Waals surface area contributed by atoms with Gasteiger partial charge in [-0.25, -0.2) is 8.42 Å². The van der Waals surface area contributed by atoms with Crippen LogP contribution in [0.15, 0.2) is 65.7 Å². The summed E-state index contributed by atoms with van der Waals surface area (Å²) < 4.78 is 29.4. The summed E-state index contributed by atoms with van der Waals surface area (Å²) in [6.45, 7) is 3.33. The number of hydrogen-bond acceptors (Lipinski definition) is 4. The van der Waals surface area contributed by atoms with Gasteiger partial charge in [0.15, 0.2) is 0 Å². The predicted molar refractivity (Wildman–Crippen MR) is 115 cm³/mol. The third-order valence-corrected chi connectivity index (χ3v) is 6.16. The van der Waals surface area contributed by atoms with Crippen molar-refractivity contribution in [1.82, 2.24) is 14.2 Å². The number of aromatic nitrogens is 1. The molecule has 7 nitrogen and oxygen atoms in total. The Balaban J connectivity index is 1.67. The molecule has 2 aromatic carbocycles. The van der Waals surface area contributed by atoms with Gasteiger partial charge in [-0.15, -0.1) is 0 Å². The predicted octanol–water partition coefficient (Wildman–Crippen LogP) is 2.51. The second kappa shape index (κ2) is 8.77. The largest absolute Gasteiger partial charge is 0.346 e. The van der Waals surface area contributed by atoms with Gasteiger partial charge in [0.2, 0.25) is 15.9 Å². The van der Waals surface area contributed by atoms with E-state index >= 15 is 0 Å². The number of carbonyl (C=O) groups excluding carboxylic acids is 1. The van der Waals surface area contributed by atoms with Gasteiger partial charge in [-0.3, -0.25) is 4.79 Å². The average molecular weight is 415 g/mol. The fourth-order valence-electron chi connectivity index (χ4n) is 2.99. The molecule has 0 aliphatic rings. The number of rotatable bonds is 8. The number of nitrogens with one attached hydrogen (secondary N) is 2. The molecule has 0 saturated carbocycles. The molecule has 0 fully saturated rings. The fourth-order valence-corrected chi connectivity index (χ4v) is 4.21. The van der Waals surface area contributed by atoms with E-state index in [-0.39, 0.29) is 4.90 Å². The fraction of sp³-hybridized carbons (Fsp3) is 0.286. The van der Waals surface area contributed by atoms with Crippen molar-refractivity contribution in [2.45, 2.75) is 24.4 Å². The van der Waals surface area contributed by atoms with Gasteiger partial charge in [-0.1, -0.05) is 18.2 Å². The van der Waals surface area contributed by atoms with Crippen molar-refractivity contribution >= 4 is 32.5 Å². The molecule has 1 amide bonds. The Labute approximate surface area is 171 Å². The quantitative estimate of drug-likeness (QED) is 0.593. The first-order chi connectivity index (χ1) is 13.8. The van der Waals surface area contributed by atoms with Crippen molar-refractivity contribution in [3.63, 3.8) is 0 Å². The zero-order chi connectivity index (χ0) is 21.0. The number of benzene rings is 2. The molecular weight excluding hydrogens is 388 g/mol. The lowest BCUT2D eigenvalue weighted by Crippen LogP contribution is -2.41. The highest BCUT2D eigenvalue weighted by Crippen LogP contribution is 2.21. The Hall–Kier alpha value is -2.68. The van der Waals surface area contributed by atoms with Gasteiger partial charge in [0.05, 0.1) is 10.9 Å². The van der Waals surface area contributed by atoms with Crippen LogP contribution in [0.2, 0.25) is 0 Å². The number of anilines is 1. The lowest BCUT2D eigenvalue weighted by Gasteiger charge is -2.15. The molecular formula is C21H26N4O3S. The summed E-state index contributed by atoms with van der Waals surface area (Å²) in [4.78, 5) is 14.7. The Bertz CT molecular complexity index is 1090. The molecule has 0 unspecified atom stereocenters. The van der Waals surface area contributed by atoms with Crippen LogP contribution in [0.1, 0.15) is 6.92 Å². The number of likely N-dealkylation sites (N-methyl/N-ethyl adjacent to an activating group) is 1. The van der Waals surface area contributed by atoms with E-state index in [2.05, 4.69) is 19.5 Å². The van der Waals surface area contributed by atoms with Crippen LogP contribution < -0.4 is 10.0 Å². The molecule has 0 spiro atoms. The van der Waals surface area contributed by atoms with Gasteiger partial charge >= 0.3 is 0 Å². The molecule has 1 atom stereocenters. The van der Waals surface area contributed by atoms with Crippen molar-refractivity contribution in [3.8, 4) is 0 Å². The molecule has 0 radical (unpaired) electrons. The molecule has 1 heterocycles. The van der Waals surface area contributed by atoms with Gasteiger partial charge in [0.25, 0.3) is 0 Å². The maximum Gasteiger partial charge on any atom is 0.242 e. The van der Waals surface area contributed by atoms with Gasteiger partial charge in [-0.05, 0) is 57.4 Å². The Morgan fingerprint density at radius 2 is 1.83 bits per heavy atom. The first-order valence-electron chi connectivity index (χ1n) is 9.38. The molecule has 1 aromatic heterocycles. The van der Waals surface area contributed by atoms with Gasteiger partial charge in [0, 0.05) is 35.9 Å². The maximum absolute atomic E-state index is 12.5. The van der Waals surface area contributed by atoms with Crippen molar-refractivity contribution in [2.75, 3.05) is 26.0 Å². The Morgan fingerprint density at radius 3 is 2.52 bits per heavy atom. The molecule has 154 valence electrons. The summed E-state index contributed by atoms with van der Waals surface area (Å²) >= 11 is 0. The molecule has 0 saturated heterocycles. The van der Waals surface area contributed by atoms with Crippen LogP contribution >= 0.6 is 0 Å². The summed E-state index contributed by atoms with van der Waals surface area (Å²) in [5, 5.41) is 3.80. The van der Waals surface area contributed by atoms with E-state index in [0.29, 0.717) is 5.69 Å². The van der Waals surface area contributed by atoms with Crippen molar-refractivity contribution in [3.05, 3.63) is 60.8 Å². The lowest BCUT2D eigenvalue weighted by atomic mass is 10.2. The van der Waals surface area contributed by atoms with E-state index in [9.17, 15) is 13.2 Å². The summed E-state index contributed by atoms with van der Waals surface area (Å²) in [6, 6.07) is 14.7. The number of sulfonamides is 1. The molecule has 8 heteroatoms. The minimum Gasteiger partial charge on any atom is -0.346 e. The smallest absolute Gasteiger partial charge is 0.242 e. The number of hydrogen-bond donors (Lipinski definition) is 2. The van der Waals surface area contributed by atoms with Crippen LogP contribution in [-0.2, 0) is 21.4 Å². The zero-order valence-corrected chi connectivity index (χ0v) is 17.6. The standard InChI is InChI=1S/C21H26N4O3S/c1-16(23-29(27,28)19-7-5-4-6-8-19)21(26)22-18-9-10-20-17(15-18)11-12-25(20)14-13-24(2)3/h4-12,15-16,23H,13-14H2,1-3H3,(H,22,26)/t16-/m0/s1. The zero-order valence-electron chi connectivity index (χ0n) is 16.8. The van der Waals surface area contributed by atoms with Crippen LogP contribution in [0, 0.1) is 0 Å². The van der Waals surface area contributed by atoms with Crippen LogP contribution in [0.25, 0.3) is 10.9 Å². The van der Waals surface area contributed by atoms with Gasteiger partial charge in [0.1, 0.15) is 0 Å². The summed E-state index contributed by atoms with van der Waals surface area (Å²) in [5.74, 6) is -0.420. The number of carbonyl (C=O) groups is 1. The molecule has 2 N–H and O–H groups in total. The number of fused-ring (bicyclic) bond motifs is 1. The second-order valence-electron chi connectivity index (χ2n) is 7.23.